The van der Waals surface area contributed by atoms with E-state index < -0.39 is 5.97 Å². The van der Waals surface area contributed by atoms with Crippen molar-refractivity contribution >= 4 is 11.9 Å². The highest BCUT2D eigenvalue weighted by Crippen LogP contribution is 2.25. The SMILES string of the molecule is Cc1noc(C)c1CC(=O)NC1CCC(C(=O)O)C1. The first-order valence-corrected chi connectivity index (χ1v) is 6.41. The van der Waals surface area contributed by atoms with Crippen LogP contribution in [0.4, 0.5) is 0 Å². The van der Waals surface area contributed by atoms with Crippen molar-refractivity contribution in [3.63, 3.8) is 0 Å². The van der Waals surface area contributed by atoms with Crippen LogP contribution in [0, 0.1) is 19.8 Å². The average Bonchev–Trinajstić information content (AvgIpc) is 2.91. The number of aryl methyl sites for hydroxylation is 2. The van der Waals surface area contributed by atoms with E-state index in [1.807, 2.05) is 0 Å². The van der Waals surface area contributed by atoms with E-state index in [2.05, 4.69) is 10.5 Å². The van der Waals surface area contributed by atoms with Crippen molar-refractivity contribution in [1.82, 2.24) is 10.5 Å². The topological polar surface area (TPSA) is 92.4 Å². The number of carboxylic acids is 1. The third-order valence-electron chi connectivity index (χ3n) is 3.67. The van der Waals surface area contributed by atoms with Crippen LogP contribution in [-0.2, 0) is 16.0 Å². The van der Waals surface area contributed by atoms with Gasteiger partial charge in [-0.05, 0) is 33.1 Å². The molecule has 1 fully saturated rings. The molecule has 0 bridgehead atoms. The number of carbonyl (C=O) groups is 2. The molecule has 1 amide bonds. The van der Waals surface area contributed by atoms with E-state index in [1.165, 1.54) is 0 Å². The fourth-order valence-electron chi connectivity index (χ4n) is 2.53. The van der Waals surface area contributed by atoms with E-state index in [1.54, 1.807) is 13.8 Å². The molecule has 0 aromatic carbocycles. The molecule has 0 aliphatic heterocycles. The Morgan fingerprint density at radius 3 is 2.68 bits per heavy atom. The summed E-state index contributed by atoms with van der Waals surface area (Å²) in [6.45, 7) is 3.58. The second kappa shape index (κ2) is 5.42. The summed E-state index contributed by atoms with van der Waals surface area (Å²) in [7, 11) is 0. The molecule has 2 atom stereocenters. The average molecular weight is 266 g/mol. The number of carbonyl (C=O) groups excluding carboxylic acids is 1. The molecule has 19 heavy (non-hydrogen) atoms. The Kier molecular flexibility index (Phi) is 3.87. The van der Waals surface area contributed by atoms with Gasteiger partial charge in [0.25, 0.3) is 0 Å². The van der Waals surface area contributed by atoms with Crippen LogP contribution in [0.15, 0.2) is 4.52 Å². The molecule has 1 aromatic rings. The minimum Gasteiger partial charge on any atom is -0.481 e. The van der Waals surface area contributed by atoms with Gasteiger partial charge in [-0.2, -0.15) is 0 Å². The summed E-state index contributed by atoms with van der Waals surface area (Å²) < 4.78 is 5.01. The molecule has 6 heteroatoms. The number of hydrogen-bond acceptors (Lipinski definition) is 4. The van der Waals surface area contributed by atoms with Crippen LogP contribution < -0.4 is 5.32 Å². The Hall–Kier alpha value is -1.85. The third kappa shape index (κ3) is 3.13. The molecule has 6 nitrogen and oxygen atoms in total. The Balaban J connectivity index is 1.87. The second-order valence-electron chi connectivity index (χ2n) is 5.09. The Morgan fingerprint density at radius 1 is 1.42 bits per heavy atom. The zero-order valence-electron chi connectivity index (χ0n) is 11.1. The Bertz CT molecular complexity index is 475. The third-order valence-corrected chi connectivity index (χ3v) is 3.67. The molecule has 1 aliphatic rings. The molecule has 1 aliphatic carbocycles. The quantitative estimate of drug-likeness (QED) is 0.854. The van der Waals surface area contributed by atoms with Crippen LogP contribution in [0.1, 0.15) is 36.3 Å². The lowest BCUT2D eigenvalue weighted by Gasteiger charge is -2.12. The van der Waals surface area contributed by atoms with Gasteiger partial charge in [-0.1, -0.05) is 5.16 Å². The molecule has 104 valence electrons. The number of nitrogens with one attached hydrogen (secondary N) is 1. The van der Waals surface area contributed by atoms with E-state index in [0.717, 1.165) is 17.7 Å². The number of rotatable bonds is 4. The van der Waals surface area contributed by atoms with Crippen molar-refractivity contribution in [1.29, 1.82) is 0 Å². The number of aliphatic carboxylic acids is 1. The van der Waals surface area contributed by atoms with Gasteiger partial charge in [0.1, 0.15) is 5.76 Å². The van der Waals surface area contributed by atoms with Crippen molar-refractivity contribution in [2.24, 2.45) is 5.92 Å². The van der Waals surface area contributed by atoms with Crippen LogP contribution in [0.5, 0.6) is 0 Å². The normalized spacial score (nSPS) is 22.4. The van der Waals surface area contributed by atoms with Gasteiger partial charge in [0.05, 0.1) is 18.0 Å². The lowest BCUT2D eigenvalue weighted by atomic mass is 10.1. The number of hydrogen-bond donors (Lipinski definition) is 2. The summed E-state index contributed by atoms with van der Waals surface area (Å²) in [6.07, 6.45) is 2.11. The molecule has 0 radical (unpaired) electrons. The molecule has 1 saturated carbocycles. The van der Waals surface area contributed by atoms with Crippen molar-refractivity contribution < 1.29 is 19.2 Å². The van der Waals surface area contributed by atoms with E-state index in [-0.39, 0.29) is 24.3 Å². The van der Waals surface area contributed by atoms with Crippen LogP contribution >= 0.6 is 0 Å². The fraction of sp³-hybridized carbons (Fsp3) is 0.615. The van der Waals surface area contributed by atoms with E-state index in [0.29, 0.717) is 18.6 Å². The minimum absolute atomic E-state index is 0.0333. The molecular weight excluding hydrogens is 248 g/mol. The molecule has 0 spiro atoms. The van der Waals surface area contributed by atoms with Gasteiger partial charge in [-0.15, -0.1) is 0 Å². The monoisotopic (exact) mass is 266 g/mol. The van der Waals surface area contributed by atoms with Crippen molar-refractivity contribution in [2.45, 2.75) is 45.6 Å². The molecule has 2 unspecified atom stereocenters. The molecule has 2 rings (SSSR count). The van der Waals surface area contributed by atoms with Gasteiger partial charge in [-0.3, -0.25) is 9.59 Å². The van der Waals surface area contributed by atoms with Crippen LogP contribution in [0.3, 0.4) is 0 Å². The fourth-order valence-corrected chi connectivity index (χ4v) is 2.53. The summed E-state index contributed by atoms with van der Waals surface area (Å²) in [4.78, 5) is 22.8. The maximum absolute atomic E-state index is 11.9. The zero-order valence-corrected chi connectivity index (χ0v) is 11.1. The summed E-state index contributed by atoms with van der Waals surface area (Å²) in [5, 5.41) is 15.6. The summed E-state index contributed by atoms with van der Waals surface area (Å²) in [5.41, 5.74) is 1.53. The van der Waals surface area contributed by atoms with Gasteiger partial charge in [0.2, 0.25) is 5.91 Å². The number of aromatic nitrogens is 1. The maximum Gasteiger partial charge on any atom is 0.306 e. The van der Waals surface area contributed by atoms with E-state index >= 15 is 0 Å². The van der Waals surface area contributed by atoms with Gasteiger partial charge in [0.15, 0.2) is 0 Å². The first-order chi connectivity index (χ1) is 8.97. The summed E-state index contributed by atoms with van der Waals surface area (Å²) in [5.74, 6) is -0.556. The van der Waals surface area contributed by atoms with E-state index in [4.69, 9.17) is 9.63 Å². The minimum atomic E-state index is -0.775. The summed E-state index contributed by atoms with van der Waals surface area (Å²) >= 11 is 0. The predicted molar refractivity (Wildman–Crippen MR) is 66.6 cm³/mol. The van der Waals surface area contributed by atoms with Crippen molar-refractivity contribution in [3.8, 4) is 0 Å². The standard InChI is InChI=1S/C13H18N2O4/c1-7-11(8(2)19-15-7)6-12(16)14-10-4-3-9(5-10)13(17)18/h9-10H,3-6H2,1-2H3,(H,14,16)(H,17,18). The van der Waals surface area contributed by atoms with Crippen molar-refractivity contribution in [2.75, 3.05) is 0 Å². The number of nitrogens with zero attached hydrogens (tertiary/aromatic N) is 1. The highest BCUT2D eigenvalue weighted by atomic mass is 16.5. The lowest BCUT2D eigenvalue weighted by molar-refractivity contribution is -0.141. The van der Waals surface area contributed by atoms with Crippen LogP contribution in [0.25, 0.3) is 0 Å². The van der Waals surface area contributed by atoms with Gasteiger partial charge in [0, 0.05) is 11.6 Å². The highest BCUT2D eigenvalue weighted by Gasteiger charge is 2.30. The predicted octanol–water partition coefficient (Wildman–Crippen LogP) is 1.20. The van der Waals surface area contributed by atoms with Gasteiger partial charge in [-0.25, -0.2) is 0 Å². The lowest BCUT2D eigenvalue weighted by Crippen LogP contribution is -2.34. The molecule has 1 aromatic heterocycles. The molecule has 0 saturated heterocycles. The number of carboxylic acid groups (broad SMARTS) is 1. The second-order valence-corrected chi connectivity index (χ2v) is 5.09. The number of amides is 1. The smallest absolute Gasteiger partial charge is 0.306 e. The van der Waals surface area contributed by atoms with Crippen molar-refractivity contribution in [3.05, 3.63) is 17.0 Å². The zero-order chi connectivity index (χ0) is 14.0. The van der Waals surface area contributed by atoms with Gasteiger partial charge < -0.3 is 14.9 Å². The molecule has 1 heterocycles. The van der Waals surface area contributed by atoms with Crippen LogP contribution in [-0.4, -0.2) is 28.2 Å². The Morgan fingerprint density at radius 2 is 2.16 bits per heavy atom. The highest BCUT2D eigenvalue weighted by molar-refractivity contribution is 5.79. The first-order valence-electron chi connectivity index (χ1n) is 6.41. The largest absolute Gasteiger partial charge is 0.481 e. The first kappa shape index (κ1) is 13.6. The summed E-state index contributed by atoms with van der Waals surface area (Å²) in [6, 6.07) is -0.0333. The van der Waals surface area contributed by atoms with Crippen LogP contribution in [0.2, 0.25) is 0 Å². The Labute approximate surface area is 111 Å². The van der Waals surface area contributed by atoms with Gasteiger partial charge >= 0.3 is 5.97 Å². The van der Waals surface area contributed by atoms with E-state index in [9.17, 15) is 9.59 Å². The molecular formula is C13H18N2O4. The molecule has 2 N–H and O–H groups in total. The maximum atomic E-state index is 11.9.